The van der Waals surface area contributed by atoms with E-state index in [2.05, 4.69) is 26.1 Å². The Morgan fingerprint density at radius 1 is 1.19 bits per heavy atom. The van der Waals surface area contributed by atoms with Gasteiger partial charge in [-0.15, -0.1) is 0 Å². The van der Waals surface area contributed by atoms with Gasteiger partial charge in [0, 0.05) is 12.6 Å². The van der Waals surface area contributed by atoms with E-state index in [0.717, 1.165) is 17.6 Å². The summed E-state index contributed by atoms with van der Waals surface area (Å²) < 4.78 is 5.61. The summed E-state index contributed by atoms with van der Waals surface area (Å²) in [4.78, 5) is 0. The van der Waals surface area contributed by atoms with Gasteiger partial charge in [0.25, 0.3) is 0 Å². The van der Waals surface area contributed by atoms with Gasteiger partial charge in [-0.2, -0.15) is 0 Å². The average molecular weight is 291 g/mol. The zero-order valence-corrected chi connectivity index (χ0v) is 13.5. The predicted octanol–water partition coefficient (Wildman–Crippen LogP) is 3.15. The van der Waals surface area contributed by atoms with Crippen molar-refractivity contribution in [3.63, 3.8) is 0 Å². The lowest BCUT2D eigenvalue weighted by molar-refractivity contribution is 0.0983. The molecule has 0 heterocycles. The number of aliphatic hydroxyl groups excluding tert-OH is 1. The molecule has 118 valence electrons. The van der Waals surface area contributed by atoms with Crippen molar-refractivity contribution in [2.24, 2.45) is 11.8 Å². The smallest absolute Gasteiger partial charge is 0.119 e. The van der Waals surface area contributed by atoms with Crippen molar-refractivity contribution in [3.8, 4) is 5.75 Å². The Morgan fingerprint density at radius 3 is 2.57 bits per heavy atom. The lowest BCUT2D eigenvalue weighted by Crippen LogP contribution is -2.41. The second-order valence-corrected chi connectivity index (χ2v) is 6.65. The number of aliphatic hydroxyl groups is 1. The third kappa shape index (κ3) is 5.33. The first-order chi connectivity index (χ1) is 10.0. The highest BCUT2D eigenvalue weighted by Crippen LogP contribution is 2.29. The molecule has 0 bridgehead atoms. The molecule has 2 rings (SSSR count). The van der Waals surface area contributed by atoms with Gasteiger partial charge in [-0.1, -0.05) is 31.5 Å². The fourth-order valence-corrected chi connectivity index (χ4v) is 2.92. The Bertz CT molecular complexity index is 418. The van der Waals surface area contributed by atoms with Gasteiger partial charge in [-0.05, 0) is 50.2 Å². The maximum Gasteiger partial charge on any atom is 0.119 e. The highest BCUT2D eigenvalue weighted by atomic mass is 16.5. The van der Waals surface area contributed by atoms with Crippen LogP contribution in [0.15, 0.2) is 24.3 Å². The molecule has 0 amide bonds. The zero-order valence-electron chi connectivity index (χ0n) is 13.5. The van der Waals surface area contributed by atoms with E-state index >= 15 is 0 Å². The van der Waals surface area contributed by atoms with Crippen LogP contribution in [-0.2, 0) is 0 Å². The number of nitrogens with one attached hydrogen (secondary N) is 1. The molecule has 0 aromatic heterocycles. The Hall–Kier alpha value is -1.06. The van der Waals surface area contributed by atoms with Gasteiger partial charge in [0.1, 0.15) is 18.5 Å². The van der Waals surface area contributed by atoms with Crippen molar-refractivity contribution in [2.75, 3.05) is 13.2 Å². The third-order valence-electron chi connectivity index (χ3n) is 4.70. The molecule has 21 heavy (non-hydrogen) atoms. The largest absolute Gasteiger partial charge is 0.491 e. The molecule has 1 fully saturated rings. The summed E-state index contributed by atoms with van der Waals surface area (Å²) in [5, 5.41) is 13.5. The molecular formula is C18H29NO2. The molecule has 4 atom stereocenters. The molecule has 1 saturated carbocycles. The van der Waals surface area contributed by atoms with Crippen LogP contribution in [0, 0.1) is 18.8 Å². The molecule has 1 aromatic carbocycles. The molecule has 0 saturated heterocycles. The van der Waals surface area contributed by atoms with Gasteiger partial charge in [-0.3, -0.25) is 0 Å². The summed E-state index contributed by atoms with van der Waals surface area (Å²) >= 11 is 0. The number of aryl methyl sites for hydroxylation is 1. The molecule has 1 aliphatic rings. The number of hydrogen-bond donors (Lipinski definition) is 2. The molecule has 3 nitrogen and oxygen atoms in total. The van der Waals surface area contributed by atoms with Gasteiger partial charge in [0.15, 0.2) is 0 Å². The van der Waals surface area contributed by atoms with Gasteiger partial charge in [0.2, 0.25) is 0 Å². The van der Waals surface area contributed by atoms with E-state index in [0.29, 0.717) is 19.2 Å². The van der Waals surface area contributed by atoms with E-state index < -0.39 is 6.10 Å². The van der Waals surface area contributed by atoms with E-state index in [1.165, 1.54) is 24.8 Å². The number of rotatable bonds is 6. The first-order valence-corrected chi connectivity index (χ1v) is 8.15. The van der Waals surface area contributed by atoms with E-state index in [4.69, 9.17) is 4.74 Å². The fourth-order valence-electron chi connectivity index (χ4n) is 2.92. The van der Waals surface area contributed by atoms with Crippen molar-refractivity contribution >= 4 is 0 Å². The number of benzene rings is 1. The molecule has 2 N–H and O–H groups in total. The molecular weight excluding hydrogens is 262 g/mol. The summed E-state index contributed by atoms with van der Waals surface area (Å²) in [5.74, 6) is 2.43. The zero-order chi connectivity index (χ0) is 15.2. The van der Waals surface area contributed by atoms with Gasteiger partial charge in [-0.25, -0.2) is 0 Å². The molecule has 1 aromatic rings. The summed E-state index contributed by atoms with van der Waals surface area (Å²) in [7, 11) is 0. The topological polar surface area (TPSA) is 41.5 Å². The first-order valence-electron chi connectivity index (χ1n) is 8.15. The monoisotopic (exact) mass is 291 g/mol. The minimum absolute atomic E-state index is 0.342. The molecule has 4 unspecified atom stereocenters. The maximum atomic E-state index is 10.0. The fraction of sp³-hybridized carbons (Fsp3) is 0.667. The van der Waals surface area contributed by atoms with E-state index in [1.54, 1.807) is 0 Å². The molecule has 0 aliphatic heterocycles. The van der Waals surface area contributed by atoms with Crippen LogP contribution >= 0.6 is 0 Å². The van der Waals surface area contributed by atoms with Crippen LogP contribution in [0.25, 0.3) is 0 Å². The van der Waals surface area contributed by atoms with Crippen LogP contribution in [0.3, 0.4) is 0 Å². The lowest BCUT2D eigenvalue weighted by atomic mass is 9.79. The van der Waals surface area contributed by atoms with Crippen LogP contribution in [-0.4, -0.2) is 30.4 Å². The Kier molecular flexibility index (Phi) is 6.07. The molecule has 0 spiro atoms. The summed E-state index contributed by atoms with van der Waals surface area (Å²) in [6.45, 7) is 7.67. The highest BCUT2D eigenvalue weighted by molar-refractivity contribution is 5.26. The second-order valence-electron chi connectivity index (χ2n) is 6.65. The quantitative estimate of drug-likeness (QED) is 0.846. The average Bonchev–Trinajstić information content (AvgIpc) is 2.48. The van der Waals surface area contributed by atoms with Crippen LogP contribution in [0.5, 0.6) is 5.75 Å². The Labute approximate surface area is 128 Å². The summed E-state index contributed by atoms with van der Waals surface area (Å²) in [5.41, 5.74) is 1.21. The lowest BCUT2D eigenvalue weighted by Gasteiger charge is -2.33. The van der Waals surface area contributed by atoms with Crippen molar-refractivity contribution in [1.29, 1.82) is 0 Å². The minimum atomic E-state index is -0.457. The van der Waals surface area contributed by atoms with Crippen molar-refractivity contribution in [3.05, 3.63) is 29.8 Å². The third-order valence-corrected chi connectivity index (χ3v) is 4.70. The van der Waals surface area contributed by atoms with Gasteiger partial charge >= 0.3 is 0 Å². The van der Waals surface area contributed by atoms with Crippen LogP contribution in [0.1, 0.15) is 38.7 Å². The van der Waals surface area contributed by atoms with Gasteiger partial charge in [0.05, 0.1) is 0 Å². The molecule has 1 aliphatic carbocycles. The van der Waals surface area contributed by atoms with Crippen molar-refractivity contribution in [1.82, 2.24) is 5.32 Å². The predicted molar refractivity (Wildman–Crippen MR) is 86.7 cm³/mol. The summed E-state index contributed by atoms with van der Waals surface area (Å²) in [6, 6.07) is 8.47. The van der Waals surface area contributed by atoms with Crippen molar-refractivity contribution in [2.45, 2.75) is 52.2 Å². The molecule has 3 heteroatoms. The first kappa shape index (κ1) is 16.3. The van der Waals surface area contributed by atoms with Crippen LogP contribution in [0.2, 0.25) is 0 Å². The van der Waals surface area contributed by atoms with Crippen LogP contribution in [0.4, 0.5) is 0 Å². The van der Waals surface area contributed by atoms with E-state index in [1.807, 2.05) is 24.3 Å². The normalized spacial score (nSPS) is 27.3. The van der Waals surface area contributed by atoms with E-state index in [-0.39, 0.29) is 0 Å². The standard InChI is InChI=1S/C18H29NO2/c1-13-4-8-18(9-5-13)21-12-17(20)11-19-16-7-6-14(2)15(3)10-16/h4-5,8-9,14-17,19-20H,6-7,10-12H2,1-3H3. The Balaban J connectivity index is 1.65. The van der Waals surface area contributed by atoms with Crippen molar-refractivity contribution < 1.29 is 9.84 Å². The minimum Gasteiger partial charge on any atom is -0.491 e. The number of hydrogen-bond acceptors (Lipinski definition) is 3. The van der Waals surface area contributed by atoms with Gasteiger partial charge < -0.3 is 15.2 Å². The SMILES string of the molecule is Cc1ccc(OCC(O)CNC2CCC(C)C(C)C2)cc1. The number of ether oxygens (including phenoxy) is 1. The maximum absolute atomic E-state index is 10.0. The molecule has 0 radical (unpaired) electrons. The Morgan fingerprint density at radius 2 is 1.90 bits per heavy atom. The highest BCUT2D eigenvalue weighted by Gasteiger charge is 2.24. The second kappa shape index (κ2) is 7.81. The van der Waals surface area contributed by atoms with Crippen LogP contribution < -0.4 is 10.1 Å². The van der Waals surface area contributed by atoms with E-state index in [9.17, 15) is 5.11 Å². The summed E-state index contributed by atoms with van der Waals surface area (Å²) in [6.07, 6.45) is 3.26.